The Labute approximate surface area is 78.2 Å². The smallest absolute Gasteiger partial charge is 0.251 e. The van der Waals surface area contributed by atoms with Crippen LogP contribution in [0.3, 0.4) is 0 Å². The first kappa shape index (κ1) is 8.97. The van der Waals surface area contributed by atoms with E-state index in [9.17, 15) is 4.79 Å². The first-order chi connectivity index (χ1) is 6.31. The Balaban J connectivity index is 1.94. The van der Waals surface area contributed by atoms with Crippen molar-refractivity contribution in [2.75, 3.05) is 0 Å². The van der Waals surface area contributed by atoms with Gasteiger partial charge in [-0.3, -0.25) is 10.2 Å². The van der Waals surface area contributed by atoms with Crippen LogP contribution < -0.4 is 16.6 Å². The summed E-state index contributed by atoms with van der Waals surface area (Å²) in [6.07, 6.45) is 6.07. The monoisotopic (exact) mass is 183 g/mol. The largest absolute Gasteiger partial charge is 0.303 e. The molecule has 2 rings (SSSR count). The number of hydrogen-bond acceptors (Lipinski definition) is 3. The highest BCUT2D eigenvalue weighted by Gasteiger charge is 2.37. The maximum Gasteiger partial charge on any atom is 0.251 e. The Morgan fingerprint density at radius 3 is 2.85 bits per heavy atom. The summed E-state index contributed by atoms with van der Waals surface area (Å²) in [5.41, 5.74) is 2.22. The Kier molecular flexibility index (Phi) is 2.51. The molecule has 0 aromatic carbocycles. The van der Waals surface area contributed by atoms with Crippen molar-refractivity contribution in [1.82, 2.24) is 10.7 Å². The molecule has 0 aromatic rings. The molecule has 0 aromatic heterocycles. The lowest BCUT2D eigenvalue weighted by Gasteiger charge is -2.24. The van der Waals surface area contributed by atoms with Crippen LogP contribution in [-0.2, 0) is 4.79 Å². The van der Waals surface area contributed by atoms with E-state index in [1.807, 2.05) is 0 Å². The van der Waals surface area contributed by atoms with Crippen molar-refractivity contribution in [3.8, 4) is 0 Å². The van der Waals surface area contributed by atoms with Gasteiger partial charge in [-0.1, -0.05) is 12.8 Å². The summed E-state index contributed by atoms with van der Waals surface area (Å²) in [5.74, 6) is 5.75. The van der Waals surface area contributed by atoms with Crippen molar-refractivity contribution in [1.29, 1.82) is 0 Å². The van der Waals surface area contributed by atoms with E-state index in [4.69, 9.17) is 5.84 Å². The Morgan fingerprint density at radius 2 is 2.15 bits per heavy atom. The molecule has 74 valence electrons. The molecule has 1 saturated heterocycles. The van der Waals surface area contributed by atoms with Gasteiger partial charge in [0.2, 0.25) is 0 Å². The lowest BCUT2D eigenvalue weighted by atomic mass is 9.85. The zero-order valence-corrected chi connectivity index (χ0v) is 7.75. The highest BCUT2D eigenvalue weighted by molar-refractivity contribution is 5.81. The van der Waals surface area contributed by atoms with Crippen LogP contribution in [0.15, 0.2) is 0 Å². The van der Waals surface area contributed by atoms with Crippen molar-refractivity contribution in [2.24, 2.45) is 11.8 Å². The van der Waals surface area contributed by atoms with Gasteiger partial charge in [0.15, 0.2) is 0 Å². The van der Waals surface area contributed by atoms with E-state index >= 15 is 0 Å². The SMILES string of the molecule is NNC(=O)[C@@H]1C[C@@H]2CCCC[C@@H]2N1. The van der Waals surface area contributed by atoms with E-state index in [-0.39, 0.29) is 11.9 Å². The van der Waals surface area contributed by atoms with E-state index in [0.29, 0.717) is 12.0 Å². The van der Waals surface area contributed by atoms with E-state index < -0.39 is 0 Å². The third-order valence-electron chi connectivity index (χ3n) is 3.32. The lowest BCUT2D eigenvalue weighted by molar-refractivity contribution is -0.122. The number of fused-ring (bicyclic) bond motifs is 1. The number of carbonyl (C=O) groups excluding carboxylic acids is 1. The Bertz CT molecular complexity index is 193. The van der Waals surface area contributed by atoms with Crippen molar-refractivity contribution >= 4 is 5.91 Å². The normalized spacial score (nSPS) is 38.4. The molecule has 0 bridgehead atoms. The zero-order valence-electron chi connectivity index (χ0n) is 7.75. The second kappa shape index (κ2) is 3.64. The molecular weight excluding hydrogens is 166 g/mol. The average Bonchev–Trinajstić information content (AvgIpc) is 2.59. The molecule has 1 heterocycles. The van der Waals surface area contributed by atoms with Crippen molar-refractivity contribution in [3.05, 3.63) is 0 Å². The van der Waals surface area contributed by atoms with Crippen LogP contribution in [0.5, 0.6) is 0 Å². The van der Waals surface area contributed by atoms with Crippen LogP contribution >= 0.6 is 0 Å². The summed E-state index contributed by atoms with van der Waals surface area (Å²) in [4.78, 5) is 11.3. The molecule has 1 aliphatic carbocycles. The molecule has 2 aliphatic rings. The van der Waals surface area contributed by atoms with Crippen molar-refractivity contribution in [2.45, 2.75) is 44.2 Å². The summed E-state index contributed by atoms with van der Waals surface area (Å²) < 4.78 is 0. The first-order valence-electron chi connectivity index (χ1n) is 5.08. The van der Waals surface area contributed by atoms with Gasteiger partial charge in [-0.05, 0) is 25.2 Å². The maximum atomic E-state index is 11.3. The predicted molar refractivity (Wildman–Crippen MR) is 49.6 cm³/mol. The van der Waals surface area contributed by atoms with Crippen LogP contribution in [0.1, 0.15) is 32.1 Å². The molecular formula is C9H17N3O. The van der Waals surface area contributed by atoms with Crippen LogP contribution in [-0.4, -0.2) is 18.0 Å². The van der Waals surface area contributed by atoms with Gasteiger partial charge in [0.1, 0.15) is 0 Å². The highest BCUT2D eigenvalue weighted by atomic mass is 16.2. The number of nitrogens with one attached hydrogen (secondary N) is 2. The molecule has 2 fully saturated rings. The molecule has 1 amide bonds. The second-order valence-electron chi connectivity index (χ2n) is 4.11. The molecule has 3 atom stereocenters. The number of nitrogens with two attached hydrogens (primary N) is 1. The van der Waals surface area contributed by atoms with Gasteiger partial charge in [-0.2, -0.15) is 0 Å². The van der Waals surface area contributed by atoms with E-state index in [2.05, 4.69) is 10.7 Å². The average molecular weight is 183 g/mol. The molecule has 1 aliphatic heterocycles. The topological polar surface area (TPSA) is 67.1 Å². The molecule has 0 spiro atoms. The molecule has 0 radical (unpaired) electrons. The third-order valence-corrected chi connectivity index (χ3v) is 3.32. The van der Waals surface area contributed by atoms with Crippen molar-refractivity contribution < 1.29 is 4.79 Å². The lowest BCUT2D eigenvalue weighted by Crippen LogP contribution is -2.45. The highest BCUT2D eigenvalue weighted by Crippen LogP contribution is 2.32. The van der Waals surface area contributed by atoms with Gasteiger partial charge in [0.25, 0.3) is 5.91 Å². The molecule has 1 saturated carbocycles. The molecule has 4 N–H and O–H groups in total. The molecule has 13 heavy (non-hydrogen) atoms. The summed E-state index contributed by atoms with van der Waals surface area (Å²) in [5, 5.41) is 3.35. The minimum atomic E-state index is -0.0607. The molecule has 4 nitrogen and oxygen atoms in total. The van der Waals surface area contributed by atoms with Crippen molar-refractivity contribution in [3.63, 3.8) is 0 Å². The Morgan fingerprint density at radius 1 is 1.38 bits per heavy atom. The van der Waals surface area contributed by atoms with Crippen LogP contribution in [0, 0.1) is 5.92 Å². The second-order valence-corrected chi connectivity index (χ2v) is 4.11. The van der Waals surface area contributed by atoms with Gasteiger partial charge in [0, 0.05) is 6.04 Å². The van der Waals surface area contributed by atoms with Gasteiger partial charge in [0.05, 0.1) is 6.04 Å². The maximum absolute atomic E-state index is 11.3. The molecule has 0 unspecified atom stereocenters. The third kappa shape index (κ3) is 1.69. The number of rotatable bonds is 1. The van der Waals surface area contributed by atoms with E-state index in [0.717, 1.165) is 6.42 Å². The fraction of sp³-hybridized carbons (Fsp3) is 0.889. The van der Waals surface area contributed by atoms with Gasteiger partial charge >= 0.3 is 0 Å². The standard InChI is InChI=1S/C9H17N3O/c10-12-9(13)8-5-6-3-1-2-4-7(6)11-8/h6-8,11H,1-5,10H2,(H,12,13)/t6-,7-,8-/m0/s1. The van der Waals surface area contributed by atoms with Crippen LogP contribution in [0.2, 0.25) is 0 Å². The summed E-state index contributed by atoms with van der Waals surface area (Å²) in [6, 6.07) is 0.522. The zero-order chi connectivity index (χ0) is 9.26. The fourth-order valence-corrected chi connectivity index (χ4v) is 2.62. The van der Waals surface area contributed by atoms with Crippen LogP contribution in [0.25, 0.3) is 0 Å². The first-order valence-corrected chi connectivity index (χ1v) is 5.08. The number of hydrogen-bond donors (Lipinski definition) is 3. The van der Waals surface area contributed by atoms with Gasteiger partial charge in [-0.25, -0.2) is 5.84 Å². The molecule has 4 heteroatoms. The Hall–Kier alpha value is -0.610. The van der Waals surface area contributed by atoms with Crippen LogP contribution in [0.4, 0.5) is 0 Å². The van der Waals surface area contributed by atoms with Gasteiger partial charge in [-0.15, -0.1) is 0 Å². The minimum Gasteiger partial charge on any atom is -0.303 e. The number of amides is 1. The number of hydrazine groups is 1. The summed E-state index contributed by atoms with van der Waals surface area (Å²) in [7, 11) is 0. The predicted octanol–water partition coefficient (Wildman–Crippen LogP) is -0.103. The van der Waals surface area contributed by atoms with Gasteiger partial charge < -0.3 is 5.32 Å². The fourth-order valence-electron chi connectivity index (χ4n) is 2.62. The number of carbonyl (C=O) groups is 1. The van der Waals surface area contributed by atoms with E-state index in [1.54, 1.807) is 0 Å². The quantitative estimate of drug-likeness (QED) is 0.302. The van der Waals surface area contributed by atoms with E-state index in [1.165, 1.54) is 25.7 Å². The minimum absolute atomic E-state index is 0.0434. The summed E-state index contributed by atoms with van der Waals surface area (Å²) in [6.45, 7) is 0. The summed E-state index contributed by atoms with van der Waals surface area (Å²) >= 11 is 0.